The van der Waals surface area contributed by atoms with E-state index in [2.05, 4.69) is 40.1 Å². The van der Waals surface area contributed by atoms with Crippen LogP contribution in [0.25, 0.3) is 5.57 Å². The van der Waals surface area contributed by atoms with E-state index in [9.17, 15) is 8.78 Å². The van der Waals surface area contributed by atoms with Gasteiger partial charge in [-0.15, -0.1) is 0 Å². The zero-order valence-electron chi connectivity index (χ0n) is 18.3. The van der Waals surface area contributed by atoms with Crippen LogP contribution in [0.1, 0.15) is 62.9 Å². The van der Waals surface area contributed by atoms with Crippen LogP contribution in [0.3, 0.4) is 0 Å². The molecule has 31 heavy (non-hydrogen) atoms. The molecule has 4 rings (SSSR count). The number of H-pyrrole nitrogens is 1. The van der Waals surface area contributed by atoms with Crippen molar-refractivity contribution in [1.29, 1.82) is 0 Å². The number of aromatic amines is 1. The molecule has 2 aliphatic rings. The predicted octanol–water partition coefficient (Wildman–Crippen LogP) is 6.68. The Morgan fingerprint density at radius 2 is 1.81 bits per heavy atom. The van der Waals surface area contributed by atoms with Gasteiger partial charge in [-0.05, 0) is 57.2 Å². The first-order chi connectivity index (χ1) is 14.9. The van der Waals surface area contributed by atoms with Gasteiger partial charge in [0.15, 0.2) is 0 Å². The standard InChI is InChI=1S/C25H28F2N4/c1-14(2)22-18(13-15(3)17-9-6-5-7-10-17)24-23(16(4)30-31-24)29-25(28-22)21-19(26)11-8-12-20(21)27/h8,11-13,17H,1,5-7,9-10H2,2-4H3,(H,28,29)(H,30,31)/b15-13+. The zero-order valence-corrected chi connectivity index (χ0v) is 18.3. The summed E-state index contributed by atoms with van der Waals surface area (Å²) in [5.74, 6) is -0.711. The average Bonchev–Trinajstić information content (AvgIpc) is 3.01. The fraction of sp³-hybridized carbons (Fsp3) is 0.360. The number of rotatable bonds is 4. The molecule has 1 aliphatic carbocycles. The number of nitrogens with one attached hydrogen (secondary N) is 2. The Balaban J connectivity index is 1.93. The van der Waals surface area contributed by atoms with Crippen molar-refractivity contribution in [1.82, 2.24) is 10.2 Å². The quantitative estimate of drug-likeness (QED) is 0.577. The minimum Gasteiger partial charge on any atom is -0.336 e. The normalized spacial score (nSPS) is 17.7. The van der Waals surface area contributed by atoms with Gasteiger partial charge in [0.1, 0.15) is 23.2 Å². The van der Waals surface area contributed by atoms with Crippen LogP contribution in [0, 0.1) is 24.5 Å². The van der Waals surface area contributed by atoms with Crippen LogP contribution in [0.4, 0.5) is 14.5 Å². The Kier molecular flexibility index (Phi) is 5.90. The van der Waals surface area contributed by atoms with E-state index in [1.165, 1.54) is 55.9 Å². The molecule has 1 aromatic heterocycles. The fourth-order valence-corrected chi connectivity index (χ4v) is 4.42. The number of anilines is 1. The summed E-state index contributed by atoms with van der Waals surface area (Å²) in [4.78, 5) is 4.68. The van der Waals surface area contributed by atoms with Crippen molar-refractivity contribution < 1.29 is 8.78 Å². The minimum absolute atomic E-state index is 0.109. The molecule has 0 radical (unpaired) electrons. The average molecular weight is 423 g/mol. The maximum atomic E-state index is 14.6. The molecule has 4 nitrogen and oxygen atoms in total. The fourth-order valence-electron chi connectivity index (χ4n) is 4.42. The number of benzene rings is 1. The second kappa shape index (κ2) is 8.61. The highest BCUT2D eigenvalue weighted by Gasteiger charge is 2.26. The van der Waals surface area contributed by atoms with Gasteiger partial charge in [0.25, 0.3) is 0 Å². The number of aryl methyl sites for hydroxylation is 1. The highest BCUT2D eigenvalue weighted by Crippen LogP contribution is 2.38. The van der Waals surface area contributed by atoms with Crippen LogP contribution in [-0.2, 0) is 0 Å². The summed E-state index contributed by atoms with van der Waals surface area (Å²) in [5, 5.41) is 10.6. The van der Waals surface area contributed by atoms with Crippen molar-refractivity contribution in [2.75, 3.05) is 5.32 Å². The van der Waals surface area contributed by atoms with Gasteiger partial charge in [-0.2, -0.15) is 5.10 Å². The van der Waals surface area contributed by atoms with Crippen LogP contribution in [0.2, 0.25) is 0 Å². The molecule has 0 spiro atoms. The zero-order chi connectivity index (χ0) is 22.1. The first kappa shape index (κ1) is 21.2. The first-order valence-electron chi connectivity index (χ1n) is 10.8. The summed E-state index contributed by atoms with van der Waals surface area (Å²) in [6.45, 7) is 9.97. The second-order valence-electron chi connectivity index (χ2n) is 8.52. The lowest BCUT2D eigenvalue weighted by atomic mass is 9.83. The van der Waals surface area contributed by atoms with Crippen molar-refractivity contribution >= 4 is 17.1 Å². The minimum atomic E-state index is -0.674. The Hall–Kier alpha value is -3.02. The molecule has 2 N–H and O–H groups in total. The molecule has 1 fully saturated rings. The summed E-state index contributed by atoms with van der Waals surface area (Å²) in [5.41, 5.74) is 5.29. The Bertz CT molecular complexity index is 1090. The lowest BCUT2D eigenvalue weighted by molar-refractivity contribution is 0.403. The molecular formula is C25H28F2N4. The van der Waals surface area contributed by atoms with Gasteiger partial charge >= 0.3 is 0 Å². The largest absolute Gasteiger partial charge is 0.336 e. The summed E-state index contributed by atoms with van der Waals surface area (Å²) < 4.78 is 29.2. The SMILES string of the molecule is C=C(C)C1=C(/C=C(\C)C2CCCCC2)c2n[nH]c(C)c2NC(c2c(F)cccc2F)=N1. The number of aromatic nitrogens is 2. The van der Waals surface area contributed by atoms with E-state index in [0.29, 0.717) is 28.6 Å². The maximum Gasteiger partial charge on any atom is 0.144 e. The van der Waals surface area contributed by atoms with Gasteiger partial charge in [-0.25, -0.2) is 13.8 Å². The number of aliphatic imine (C=N–C) groups is 1. The van der Waals surface area contributed by atoms with Crippen LogP contribution < -0.4 is 5.32 Å². The Morgan fingerprint density at radius 3 is 2.45 bits per heavy atom. The van der Waals surface area contributed by atoms with Gasteiger partial charge < -0.3 is 5.32 Å². The number of allylic oxidation sites excluding steroid dienone is 4. The molecule has 162 valence electrons. The van der Waals surface area contributed by atoms with Crippen LogP contribution in [0.15, 0.2) is 52.7 Å². The number of halogens is 2. The molecule has 0 bridgehead atoms. The number of hydrogen-bond donors (Lipinski definition) is 2. The number of hydrogen-bond acceptors (Lipinski definition) is 3. The molecule has 0 amide bonds. The molecule has 6 heteroatoms. The molecule has 1 saturated carbocycles. The highest BCUT2D eigenvalue weighted by atomic mass is 19.1. The van der Waals surface area contributed by atoms with Crippen molar-refractivity contribution in [3.8, 4) is 0 Å². The number of nitrogens with zero attached hydrogens (tertiary/aromatic N) is 2. The monoisotopic (exact) mass is 422 g/mol. The lowest BCUT2D eigenvalue weighted by Gasteiger charge is -2.22. The van der Waals surface area contributed by atoms with E-state index < -0.39 is 11.6 Å². The summed E-state index contributed by atoms with van der Waals surface area (Å²) in [7, 11) is 0. The Labute approximate surface area is 181 Å². The van der Waals surface area contributed by atoms with E-state index in [1.807, 2.05) is 13.8 Å². The summed E-state index contributed by atoms with van der Waals surface area (Å²) >= 11 is 0. The molecule has 2 aromatic rings. The summed E-state index contributed by atoms with van der Waals surface area (Å²) in [6.07, 6.45) is 8.26. The molecule has 0 unspecified atom stereocenters. The van der Waals surface area contributed by atoms with Crippen LogP contribution in [0.5, 0.6) is 0 Å². The van der Waals surface area contributed by atoms with Crippen molar-refractivity contribution in [3.05, 3.63) is 76.3 Å². The van der Waals surface area contributed by atoms with E-state index >= 15 is 0 Å². The number of amidine groups is 1. The molecular weight excluding hydrogens is 394 g/mol. The number of fused-ring (bicyclic) bond motifs is 1. The van der Waals surface area contributed by atoms with Gasteiger partial charge in [0.05, 0.1) is 22.6 Å². The molecule has 0 atom stereocenters. The van der Waals surface area contributed by atoms with Gasteiger partial charge in [0, 0.05) is 5.57 Å². The highest BCUT2D eigenvalue weighted by molar-refractivity contribution is 6.12. The predicted molar refractivity (Wildman–Crippen MR) is 122 cm³/mol. The van der Waals surface area contributed by atoms with Crippen LogP contribution >= 0.6 is 0 Å². The van der Waals surface area contributed by atoms with Gasteiger partial charge in [-0.3, -0.25) is 5.10 Å². The third-order valence-corrected chi connectivity index (χ3v) is 6.15. The third kappa shape index (κ3) is 4.11. The van der Waals surface area contributed by atoms with Gasteiger partial charge in [0.2, 0.25) is 0 Å². The molecule has 2 heterocycles. The smallest absolute Gasteiger partial charge is 0.144 e. The van der Waals surface area contributed by atoms with Crippen molar-refractivity contribution in [2.24, 2.45) is 10.9 Å². The molecule has 1 aromatic carbocycles. The van der Waals surface area contributed by atoms with E-state index in [-0.39, 0.29) is 11.4 Å². The van der Waals surface area contributed by atoms with Crippen molar-refractivity contribution in [2.45, 2.75) is 52.9 Å². The maximum absolute atomic E-state index is 14.6. The van der Waals surface area contributed by atoms with Crippen molar-refractivity contribution in [3.63, 3.8) is 0 Å². The van der Waals surface area contributed by atoms with E-state index in [1.54, 1.807) is 0 Å². The van der Waals surface area contributed by atoms with E-state index in [4.69, 9.17) is 0 Å². The second-order valence-corrected chi connectivity index (χ2v) is 8.52. The van der Waals surface area contributed by atoms with Gasteiger partial charge in [-0.1, -0.05) is 43.6 Å². The summed E-state index contributed by atoms with van der Waals surface area (Å²) in [6, 6.07) is 3.81. The van der Waals surface area contributed by atoms with E-state index in [0.717, 1.165) is 11.3 Å². The Morgan fingerprint density at radius 1 is 1.13 bits per heavy atom. The lowest BCUT2D eigenvalue weighted by Crippen LogP contribution is -2.17. The third-order valence-electron chi connectivity index (χ3n) is 6.15. The first-order valence-corrected chi connectivity index (χ1v) is 10.8. The van der Waals surface area contributed by atoms with Crippen LogP contribution in [-0.4, -0.2) is 16.0 Å². The molecule has 1 aliphatic heterocycles. The topological polar surface area (TPSA) is 53.1 Å². The molecule has 0 saturated heterocycles.